The molecule has 6 nitrogen and oxygen atoms in total. The molecule has 0 bridgehead atoms. The molecule has 2 heterocycles. The number of nitrogens with one attached hydrogen (secondary N) is 1. The fraction of sp³-hybridized carbons (Fsp3) is 0.389. The number of ether oxygens (including phenoxy) is 1. The molecule has 134 valence electrons. The molecule has 1 aromatic carbocycles. The van der Waals surface area contributed by atoms with Crippen molar-refractivity contribution < 1.29 is 19.7 Å². The molecule has 3 N–H and O–H groups in total. The van der Waals surface area contributed by atoms with Crippen LogP contribution in [0.25, 0.3) is 0 Å². The molecule has 25 heavy (non-hydrogen) atoms. The maximum Gasteiger partial charge on any atom is 0.228 e. The third-order valence-corrected chi connectivity index (χ3v) is 4.84. The van der Waals surface area contributed by atoms with Gasteiger partial charge in [-0.1, -0.05) is 11.6 Å². The number of hydrogen-bond donors (Lipinski definition) is 3. The lowest BCUT2D eigenvalue weighted by Gasteiger charge is -2.39. The summed E-state index contributed by atoms with van der Waals surface area (Å²) < 4.78 is 5.42. The highest BCUT2D eigenvalue weighted by molar-refractivity contribution is 6.30. The zero-order valence-electron chi connectivity index (χ0n) is 13.7. The van der Waals surface area contributed by atoms with Gasteiger partial charge < -0.3 is 25.2 Å². The van der Waals surface area contributed by atoms with Gasteiger partial charge in [-0.05, 0) is 36.8 Å². The van der Waals surface area contributed by atoms with Crippen LogP contribution in [-0.4, -0.2) is 52.9 Å². The summed E-state index contributed by atoms with van der Waals surface area (Å²) >= 11 is 5.90. The van der Waals surface area contributed by atoms with E-state index in [1.165, 1.54) is 6.07 Å². The van der Waals surface area contributed by atoms with Crippen molar-refractivity contribution in [3.63, 3.8) is 0 Å². The number of aromatic hydroxyl groups is 1. The second-order valence-electron chi connectivity index (χ2n) is 6.31. The predicted molar refractivity (Wildman–Crippen MR) is 94.1 cm³/mol. The van der Waals surface area contributed by atoms with Gasteiger partial charge in [0.05, 0.1) is 25.2 Å². The summed E-state index contributed by atoms with van der Waals surface area (Å²) in [6, 6.07) is 4.62. The number of aliphatic hydroxyl groups excluding tert-OH is 1. The van der Waals surface area contributed by atoms with E-state index in [2.05, 4.69) is 5.32 Å². The Morgan fingerprint density at radius 1 is 1.44 bits per heavy atom. The number of nitrogens with zero attached hydrogens (tertiary/aromatic N) is 1. The van der Waals surface area contributed by atoms with Crippen LogP contribution >= 0.6 is 11.6 Å². The molecule has 0 radical (unpaired) electrons. The fourth-order valence-electron chi connectivity index (χ4n) is 3.05. The van der Waals surface area contributed by atoms with Crippen molar-refractivity contribution in [2.75, 3.05) is 26.4 Å². The zero-order valence-corrected chi connectivity index (χ0v) is 14.5. The summed E-state index contributed by atoms with van der Waals surface area (Å²) in [5, 5.41) is 22.8. The summed E-state index contributed by atoms with van der Waals surface area (Å²) in [5.41, 5.74) is 0.791. The van der Waals surface area contributed by atoms with E-state index in [0.717, 1.165) is 6.42 Å². The third-order valence-electron chi connectivity index (χ3n) is 4.60. The van der Waals surface area contributed by atoms with Gasteiger partial charge in [-0.25, -0.2) is 0 Å². The third kappa shape index (κ3) is 3.98. The molecule has 0 spiro atoms. The molecule has 2 aliphatic heterocycles. The average Bonchev–Trinajstić information content (AvgIpc) is 3.09. The molecule has 0 aliphatic carbocycles. The summed E-state index contributed by atoms with van der Waals surface area (Å²) in [7, 11) is 0. The lowest BCUT2D eigenvalue weighted by atomic mass is 9.97. The first-order chi connectivity index (χ1) is 12.0. The summed E-state index contributed by atoms with van der Waals surface area (Å²) in [5.74, 6) is -0.187. The number of phenols is 1. The lowest BCUT2D eigenvalue weighted by molar-refractivity contribution is -0.119. The van der Waals surface area contributed by atoms with Crippen LogP contribution < -0.4 is 5.32 Å². The molecule has 3 rings (SSSR count). The van der Waals surface area contributed by atoms with Crippen molar-refractivity contribution in [1.82, 2.24) is 10.2 Å². The Kier molecular flexibility index (Phi) is 5.32. The first kappa shape index (κ1) is 17.8. The number of aliphatic hydroxyl groups is 1. The van der Waals surface area contributed by atoms with Gasteiger partial charge in [0.2, 0.25) is 5.91 Å². The molecule has 0 aromatic heterocycles. The van der Waals surface area contributed by atoms with Crippen LogP contribution in [0.5, 0.6) is 5.75 Å². The maximum absolute atomic E-state index is 12.2. The Labute approximate surface area is 151 Å². The van der Waals surface area contributed by atoms with E-state index in [1.807, 2.05) is 17.2 Å². The van der Waals surface area contributed by atoms with Gasteiger partial charge in [0.15, 0.2) is 0 Å². The van der Waals surface area contributed by atoms with Crippen molar-refractivity contribution in [2.45, 2.75) is 18.4 Å². The molecular formula is C18H21ClN2O4. The van der Waals surface area contributed by atoms with Crippen LogP contribution in [0.3, 0.4) is 0 Å². The Morgan fingerprint density at radius 2 is 2.28 bits per heavy atom. The van der Waals surface area contributed by atoms with E-state index in [0.29, 0.717) is 36.0 Å². The minimum Gasteiger partial charge on any atom is -0.508 e. The van der Waals surface area contributed by atoms with Crippen molar-refractivity contribution in [3.8, 4) is 5.75 Å². The minimum atomic E-state index is -0.380. The van der Waals surface area contributed by atoms with E-state index in [4.69, 9.17) is 16.3 Å². The molecule has 1 unspecified atom stereocenters. The fourth-order valence-corrected chi connectivity index (χ4v) is 3.25. The first-order valence-corrected chi connectivity index (χ1v) is 8.51. The first-order valence-electron chi connectivity index (χ1n) is 8.13. The van der Waals surface area contributed by atoms with Crippen molar-refractivity contribution in [1.29, 1.82) is 0 Å². The van der Waals surface area contributed by atoms with Crippen LogP contribution in [0.15, 0.2) is 42.2 Å². The topological polar surface area (TPSA) is 82.0 Å². The quantitative estimate of drug-likeness (QED) is 0.738. The number of halogens is 1. The van der Waals surface area contributed by atoms with E-state index < -0.39 is 0 Å². The van der Waals surface area contributed by atoms with Crippen molar-refractivity contribution in [3.05, 3.63) is 52.8 Å². The number of hydrogen-bond acceptors (Lipinski definition) is 5. The van der Waals surface area contributed by atoms with Crippen LogP contribution in [0, 0.1) is 0 Å². The molecule has 1 amide bonds. The molecule has 7 heteroatoms. The molecule has 0 saturated carbocycles. The Morgan fingerprint density at radius 3 is 2.92 bits per heavy atom. The average molecular weight is 365 g/mol. The van der Waals surface area contributed by atoms with Gasteiger partial charge in [0, 0.05) is 35.6 Å². The molecule has 1 atom stereocenters. The number of amides is 1. The van der Waals surface area contributed by atoms with Crippen LogP contribution in [-0.2, 0) is 16.0 Å². The normalized spacial score (nSPS) is 22.8. The van der Waals surface area contributed by atoms with E-state index in [1.54, 1.807) is 18.2 Å². The second kappa shape index (κ2) is 7.47. The van der Waals surface area contributed by atoms with Crippen molar-refractivity contribution >= 4 is 17.5 Å². The SMILES string of the molecule is O=C(Cc1cc(Cl)ccc1O)NC1=CCN(C2(CO)CCOC2)C=C1. The van der Waals surface area contributed by atoms with Gasteiger partial charge in [-0.3, -0.25) is 4.79 Å². The number of allylic oxidation sites excluding steroid dienone is 1. The van der Waals surface area contributed by atoms with Crippen molar-refractivity contribution in [2.24, 2.45) is 0 Å². The number of carbonyl (C=O) groups is 1. The molecule has 1 saturated heterocycles. The van der Waals surface area contributed by atoms with Gasteiger partial charge in [-0.15, -0.1) is 0 Å². The number of benzene rings is 1. The van der Waals surface area contributed by atoms with Gasteiger partial charge in [0.1, 0.15) is 5.75 Å². The Hall–Kier alpha value is -2.02. The van der Waals surface area contributed by atoms with Gasteiger partial charge in [0.25, 0.3) is 0 Å². The summed E-state index contributed by atoms with van der Waals surface area (Å²) in [4.78, 5) is 14.2. The smallest absolute Gasteiger partial charge is 0.228 e. The van der Waals surface area contributed by atoms with Crippen LogP contribution in [0.2, 0.25) is 5.02 Å². The van der Waals surface area contributed by atoms with Gasteiger partial charge >= 0.3 is 0 Å². The summed E-state index contributed by atoms with van der Waals surface area (Å²) in [6.45, 7) is 1.75. The largest absolute Gasteiger partial charge is 0.508 e. The number of carbonyl (C=O) groups excluding carboxylic acids is 1. The van der Waals surface area contributed by atoms with Crippen LogP contribution in [0.4, 0.5) is 0 Å². The molecule has 1 fully saturated rings. The highest BCUT2D eigenvalue weighted by Gasteiger charge is 2.39. The number of phenolic OH excluding ortho intramolecular Hbond substituents is 1. The maximum atomic E-state index is 12.2. The Balaban J connectivity index is 1.58. The lowest BCUT2D eigenvalue weighted by Crippen LogP contribution is -2.50. The highest BCUT2D eigenvalue weighted by Crippen LogP contribution is 2.28. The van der Waals surface area contributed by atoms with E-state index >= 15 is 0 Å². The van der Waals surface area contributed by atoms with Gasteiger partial charge in [-0.2, -0.15) is 0 Å². The zero-order chi connectivity index (χ0) is 17.9. The monoisotopic (exact) mass is 364 g/mol. The predicted octanol–water partition coefficient (Wildman–Crippen LogP) is 1.57. The van der Waals surface area contributed by atoms with E-state index in [-0.39, 0.29) is 30.2 Å². The highest BCUT2D eigenvalue weighted by atomic mass is 35.5. The number of rotatable bonds is 5. The van der Waals surface area contributed by atoms with E-state index in [9.17, 15) is 15.0 Å². The van der Waals surface area contributed by atoms with Crippen LogP contribution in [0.1, 0.15) is 12.0 Å². The second-order valence-corrected chi connectivity index (χ2v) is 6.75. The molecular weight excluding hydrogens is 344 g/mol. The minimum absolute atomic E-state index is 0.0287. The molecule has 1 aromatic rings. The summed E-state index contributed by atoms with van der Waals surface area (Å²) in [6.07, 6.45) is 6.38. The molecule has 2 aliphatic rings. The standard InChI is InChI=1S/C18H21ClN2O4/c19-14-1-2-16(23)13(9-14)10-17(24)20-15-3-6-21(7-4-15)18(11-22)5-8-25-12-18/h1-4,6,9,22-23H,5,7-8,10-12H2,(H,20,24). The Bertz CT molecular complexity index is 711.